The Balaban J connectivity index is 1.44. The predicted octanol–water partition coefficient (Wildman–Crippen LogP) is 2.53. The smallest absolute Gasteiger partial charge is 0.252 e. The lowest BCUT2D eigenvalue weighted by Gasteiger charge is -2.33. The Bertz CT molecular complexity index is 706. The Morgan fingerprint density at radius 2 is 2.11 bits per heavy atom. The van der Waals surface area contributed by atoms with Gasteiger partial charge < -0.3 is 10.2 Å². The first-order chi connectivity index (χ1) is 13.0. The van der Waals surface area contributed by atoms with Gasteiger partial charge in [-0.05, 0) is 57.0 Å². The Hall–Kier alpha value is -0.960. The molecule has 152 valence electrons. The van der Waals surface area contributed by atoms with Crippen molar-refractivity contribution in [1.29, 1.82) is 0 Å². The molecule has 1 aromatic rings. The van der Waals surface area contributed by atoms with Gasteiger partial charge in [-0.3, -0.25) is 4.79 Å². The van der Waals surface area contributed by atoms with E-state index in [4.69, 9.17) is 0 Å². The number of thiophene rings is 1. The third-order valence-electron chi connectivity index (χ3n) is 5.71. The highest BCUT2D eigenvalue weighted by atomic mass is 32.2. The number of hydrogen-bond acceptors (Lipinski definition) is 5. The number of sulfonamides is 1. The van der Waals surface area contributed by atoms with E-state index >= 15 is 0 Å². The molecule has 6 nitrogen and oxygen atoms in total. The van der Waals surface area contributed by atoms with Gasteiger partial charge in [-0.2, -0.15) is 4.31 Å². The van der Waals surface area contributed by atoms with Crippen molar-refractivity contribution in [3.63, 3.8) is 0 Å². The zero-order valence-electron chi connectivity index (χ0n) is 16.1. The van der Waals surface area contributed by atoms with Crippen LogP contribution in [0.1, 0.15) is 45.4 Å². The molecule has 3 heterocycles. The van der Waals surface area contributed by atoms with Crippen LogP contribution in [0.15, 0.2) is 21.7 Å². The Morgan fingerprint density at radius 1 is 1.26 bits per heavy atom. The van der Waals surface area contributed by atoms with Crippen LogP contribution in [0.3, 0.4) is 0 Å². The van der Waals surface area contributed by atoms with Gasteiger partial charge in [0.1, 0.15) is 4.21 Å². The molecular weight excluding hydrogens is 382 g/mol. The van der Waals surface area contributed by atoms with E-state index in [1.807, 2.05) is 0 Å². The minimum atomic E-state index is -3.47. The van der Waals surface area contributed by atoms with Crippen LogP contribution in [-0.2, 0) is 14.8 Å². The SMILES string of the molecule is C[C@@H]1CCCCN1CCCNC(=O)[C@@H]1CCCN(S(=O)(=O)c2cccs2)C1. The monoisotopic (exact) mass is 413 g/mol. The van der Waals surface area contributed by atoms with E-state index in [1.165, 1.54) is 34.9 Å². The van der Waals surface area contributed by atoms with Gasteiger partial charge in [0.15, 0.2) is 0 Å². The largest absolute Gasteiger partial charge is 0.356 e. The lowest BCUT2D eigenvalue weighted by atomic mass is 9.99. The summed E-state index contributed by atoms with van der Waals surface area (Å²) in [5.74, 6) is -0.254. The normalized spacial score (nSPS) is 25.4. The maximum absolute atomic E-state index is 12.7. The van der Waals surface area contributed by atoms with Crippen LogP contribution in [0.5, 0.6) is 0 Å². The lowest BCUT2D eigenvalue weighted by molar-refractivity contribution is -0.126. The third-order valence-corrected chi connectivity index (χ3v) is 8.94. The zero-order chi connectivity index (χ0) is 19.3. The van der Waals surface area contributed by atoms with Gasteiger partial charge in [0.2, 0.25) is 5.91 Å². The minimum absolute atomic E-state index is 0.00669. The highest BCUT2D eigenvalue weighted by molar-refractivity contribution is 7.91. The van der Waals surface area contributed by atoms with Crippen LogP contribution in [0.25, 0.3) is 0 Å². The quantitative estimate of drug-likeness (QED) is 0.698. The second kappa shape index (κ2) is 9.49. The van der Waals surface area contributed by atoms with Crippen molar-refractivity contribution in [2.75, 3.05) is 32.7 Å². The fourth-order valence-corrected chi connectivity index (χ4v) is 6.71. The van der Waals surface area contributed by atoms with Crippen LogP contribution in [0.4, 0.5) is 0 Å². The maximum Gasteiger partial charge on any atom is 0.252 e. The van der Waals surface area contributed by atoms with Gasteiger partial charge in [0.05, 0.1) is 5.92 Å². The number of carbonyl (C=O) groups is 1. The molecule has 0 saturated carbocycles. The summed E-state index contributed by atoms with van der Waals surface area (Å²) >= 11 is 1.23. The molecule has 0 aromatic carbocycles. The van der Waals surface area contributed by atoms with Crippen LogP contribution in [0, 0.1) is 5.92 Å². The zero-order valence-corrected chi connectivity index (χ0v) is 17.7. The second-order valence-electron chi connectivity index (χ2n) is 7.66. The van der Waals surface area contributed by atoms with Crippen LogP contribution >= 0.6 is 11.3 Å². The Morgan fingerprint density at radius 3 is 2.85 bits per heavy atom. The van der Waals surface area contributed by atoms with Gasteiger partial charge in [0, 0.05) is 32.2 Å². The molecule has 8 heteroatoms. The van der Waals surface area contributed by atoms with Gasteiger partial charge in [-0.15, -0.1) is 11.3 Å². The van der Waals surface area contributed by atoms with Crippen molar-refractivity contribution >= 4 is 27.3 Å². The molecule has 2 saturated heterocycles. The molecule has 2 atom stereocenters. The van der Waals surface area contributed by atoms with E-state index in [0.717, 1.165) is 32.4 Å². The molecular formula is C19H31N3O3S2. The summed E-state index contributed by atoms with van der Waals surface area (Å²) in [5, 5.41) is 4.80. The first-order valence-electron chi connectivity index (χ1n) is 10.0. The number of hydrogen-bond donors (Lipinski definition) is 1. The molecule has 2 fully saturated rings. The molecule has 2 aliphatic heterocycles. The average molecular weight is 414 g/mol. The van der Waals surface area contributed by atoms with E-state index in [-0.39, 0.29) is 18.4 Å². The minimum Gasteiger partial charge on any atom is -0.356 e. The van der Waals surface area contributed by atoms with E-state index in [1.54, 1.807) is 17.5 Å². The standard InChI is InChI=1S/C19H31N3O3S2/c1-16-7-2-3-11-21(16)12-6-10-20-19(23)17-8-4-13-22(15-17)27(24,25)18-9-5-14-26-18/h5,9,14,16-17H,2-4,6-8,10-13,15H2,1H3,(H,20,23)/t16-,17-/m1/s1. The van der Waals surface area contributed by atoms with Crippen molar-refractivity contribution in [2.24, 2.45) is 5.92 Å². The summed E-state index contributed by atoms with van der Waals surface area (Å²) in [7, 11) is -3.47. The summed E-state index contributed by atoms with van der Waals surface area (Å²) in [6.07, 6.45) is 6.29. The second-order valence-corrected chi connectivity index (χ2v) is 10.8. The summed E-state index contributed by atoms with van der Waals surface area (Å²) in [6, 6.07) is 4.02. The summed E-state index contributed by atoms with van der Waals surface area (Å²) < 4.78 is 27.2. The highest BCUT2D eigenvalue weighted by Crippen LogP contribution is 2.26. The van der Waals surface area contributed by atoms with Crippen LogP contribution < -0.4 is 5.32 Å². The molecule has 0 unspecified atom stereocenters. The molecule has 1 amide bonds. The van der Waals surface area contributed by atoms with Crippen LogP contribution in [-0.4, -0.2) is 62.3 Å². The van der Waals surface area contributed by atoms with Crippen molar-refractivity contribution in [2.45, 2.75) is 55.7 Å². The first-order valence-corrected chi connectivity index (χ1v) is 12.4. The van der Waals surface area contributed by atoms with Crippen LogP contribution in [0.2, 0.25) is 0 Å². The molecule has 1 N–H and O–H groups in total. The highest BCUT2D eigenvalue weighted by Gasteiger charge is 2.33. The molecule has 3 rings (SSSR count). The van der Waals surface area contributed by atoms with Crippen molar-refractivity contribution in [3.05, 3.63) is 17.5 Å². The fourth-order valence-electron chi connectivity index (χ4n) is 4.04. The summed E-state index contributed by atoms with van der Waals surface area (Å²) in [5.41, 5.74) is 0. The topological polar surface area (TPSA) is 69.7 Å². The molecule has 0 bridgehead atoms. The predicted molar refractivity (Wildman–Crippen MR) is 108 cm³/mol. The van der Waals surface area contributed by atoms with E-state index in [9.17, 15) is 13.2 Å². The van der Waals surface area contributed by atoms with Crippen molar-refractivity contribution < 1.29 is 13.2 Å². The number of nitrogens with one attached hydrogen (secondary N) is 1. The third kappa shape index (κ3) is 5.31. The van der Waals surface area contributed by atoms with Crippen molar-refractivity contribution in [3.8, 4) is 0 Å². The molecule has 0 aliphatic carbocycles. The van der Waals surface area contributed by atoms with Gasteiger partial charge >= 0.3 is 0 Å². The first kappa shape index (κ1) is 20.8. The molecule has 0 spiro atoms. The van der Waals surface area contributed by atoms with E-state index in [0.29, 0.717) is 23.3 Å². The number of likely N-dealkylation sites (tertiary alicyclic amines) is 1. The molecule has 0 radical (unpaired) electrons. The van der Waals surface area contributed by atoms with Gasteiger partial charge in [0.25, 0.3) is 10.0 Å². The summed E-state index contributed by atoms with van der Waals surface area (Å²) in [4.78, 5) is 15.0. The summed E-state index contributed by atoms with van der Waals surface area (Å²) in [6.45, 7) is 5.91. The molecule has 27 heavy (non-hydrogen) atoms. The van der Waals surface area contributed by atoms with Gasteiger partial charge in [-0.1, -0.05) is 12.5 Å². The van der Waals surface area contributed by atoms with E-state index < -0.39 is 10.0 Å². The maximum atomic E-state index is 12.7. The Labute approximate surface area is 167 Å². The fraction of sp³-hybridized carbons (Fsp3) is 0.737. The van der Waals surface area contributed by atoms with Gasteiger partial charge in [-0.25, -0.2) is 8.42 Å². The number of carbonyl (C=O) groups excluding carboxylic acids is 1. The van der Waals surface area contributed by atoms with Crippen molar-refractivity contribution in [1.82, 2.24) is 14.5 Å². The Kier molecular flexibility index (Phi) is 7.30. The van der Waals surface area contributed by atoms with E-state index in [2.05, 4.69) is 17.1 Å². The lowest BCUT2D eigenvalue weighted by Crippen LogP contribution is -2.45. The molecule has 1 aromatic heterocycles. The number of piperidine rings is 2. The average Bonchev–Trinajstić information content (AvgIpc) is 3.22. The number of nitrogens with zero attached hydrogens (tertiary/aromatic N) is 2. The number of amides is 1. The number of rotatable bonds is 7. The molecule has 2 aliphatic rings.